The highest BCUT2D eigenvalue weighted by Gasteiger charge is 2.22. The summed E-state index contributed by atoms with van der Waals surface area (Å²) >= 11 is 0. The maximum Gasteiger partial charge on any atom is 0.317 e. The quantitative estimate of drug-likeness (QED) is 0.854. The van der Waals surface area contributed by atoms with Gasteiger partial charge in [0.15, 0.2) is 0 Å². The number of urea groups is 1. The van der Waals surface area contributed by atoms with E-state index in [1.54, 1.807) is 7.11 Å². The van der Waals surface area contributed by atoms with E-state index in [0.717, 1.165) is 49.2 Å². The molecule has 1 saturated heterocycles. The SMILES string of the molecule is COCCCNC(=O)N1CCN(c2cccc3cccnc23)CC1. The number of hydrogen-bond acceptors (Lipinski definition) is 4. The Kier molecular flexibility index (Phi) is 5.48. The van der Waals surface area contributed by atoms with E-state index in [4.69, 9.17) is 4.74 Å². The second-order valence-electron chi connectivity index (χ2n) is 5.90. The fourth-order valence-electron chi connectivity index (χ4n) is 3.02. The first kappa shape index (κ1) is 16.5. The number of aromatic nitrogens is 1. The molecule has 1 aromatic carbocycles. The average Bonchev–Trinajstić information content (AvgIpc) is 2.65. The van der Waals surface area contributed by atoms with Crippen LogP contribution in [0.3, 0.4) is 0 Å². The molecule has 3 rings (SSSR count). The molecule has 2 aromatic rings. The maximum atomic E-state index is 12.2. The molecule has 1 aromatic heterocycles. The molecular formula is C18H24N4O2. The molecule has 0 radical (unpaired) electrons. The number of benzene rings is 1. The van der Waals surface area contributed by atoms with Crippen LogP contribution in [-0.2, 0) is 4.74 Å². The minimum Gasteiger partial charge on any atom is -0.385 e. The van der Waals surface area contributed by atoms with Gasteiger partial charge >= 0.3 is 6.03 Å². The third-order valence-corrected chi connectivity index (χ3v) is 4.32. The lowest BCUT2D eigenvalue weighted by Crippen LogP contribution is -2.52. The van der Waals surface area contributed by atoms with E-state index in [1.165, 1.54) is 0 Å². The van der Waals surface area contributed by atoms with Crippen LogP contribution in [0, 0.1) is 0 Å². The third kappa shape index (κ3) is 3.76. The van der Waals surface area contributed by atoms with Gasteiger partial charge in [0.1, 0.15) is 0 Å². The van der Waals surface area contributed by atoms with E-state index in [2.05, 4.69) is 39.5 Å². The first-order chi connectivity index (χ1) is 11.8. The van der Waals surface area contributed by atoms with Gasteiger partial charge in [0, 0.05) is 58.0 Å². The van der Waals surface area contributed by atoms with Crippen LogP contribution in [0.5, 0.6) is 0 Å². The number of piperazine rings is 1. The fourth-order valence-corrected chi connectivity index (χ4v) is 3.02. The molecule has 1 N–H and O–H groups in total. The molecule has 0 atom stereocenters. The third-order valence-electron chi connectivity index (χ3n) is 4.32. The van der Waals surface area contributed by atoms with Gasteiger partial charge in [-0.3, -0.25) is 4.98 Å². The number of pyridine rings is 1. The molecule has 0 aliphatic carbocycles. The zero-order valence-electron chi connectivity index (χ0n) is 14.1. The Bertz CT molecular complexity index is 678. The smallest absolute Gasteiger partial charge is 0.317 e. The lowest BCUT2D eigenvalue weighted by Gasteiger charge is -2.36. The fraction of sp³-hybridized carbons (Fsp3) is 0.444. The van der Waals surface area contributed by atoms with Gasteiger partial charge in [-0.2, -0.15) is 0 Å². The number of amides is 2. The molecule has 2 amide bonds. The minimum atomic E-state index is 0.0156. The monoisotopic (exact) mass is 328 g/mol. The second-order valence-corrected chi connectivity index (χ2v) is 5.90. The van der Waals surface area contributed by atoms with Crippen molar-refractivity contribution in [2.75, 3.05) is 51.3 Å². The zero-order valence-corrected chi connectivity index (χ0v) is 14.1. The van der Waals surface area contributed by atoms with Crippen molar-refractivity contribution in [2.45, 2.75) is 6.42 Å². The van der Waals surface area contributed by atoms with Crippen LogP contribution in [0.2, 0.25) is 0 Å². The lowest BCUT2D eigenvalue weighted by atomic mass is 10.1. The number of ether oxygens (including phenoxy) is 1. The van der Waals surface area contributed by atoms with Crippen LogP contribution in [0.15, 0.2) is 36.5 Å². The highest BCUT2D eigenvalue weighted by atomic mass is 16.5. The van der Waals surface area contributed by atoms with Gasteiger partial charge in [-0.1, -0.05) is 18.2 Å². The highest BCUT2D eigenvalue weighted by Crippen LogP contribution is 2.25. The summed E-state index contributed by atoms with van der Waals surface area (Å²) in [7, 11) is 1.67. The lowest BCUT2D eigenvalue weighted by molar-refractivity contribution is 0.183. The van der Waals surface area contributed by atoms with Gasteiger partial charge in [0.2, 0.25) is 0 Å². The number of rotatable bonds is 5. The van der Waals surface area contributed by atoms with Crippen LogP contribution in [0.25, 0.3) is 10.9 Å². The van der Waals surface area contributed by atoms with E-state index >= 15 is 0 Å². The van der Waals surface area contributed by atoms with Crippen LogP contribution in [0.4, 0.5) is 10.5 Å². The van der Waals surface area contributed by atoms with Crippen molar-refractivity contribution < 1.29 is 9.53 Å². The Morgan fingerprint density at radius 3 is 2.79 bits per heavy atom. The number of fused-ring (bicyclic) bond motifs is 1. The summed E-state index contributed by atoms with van der Waals surface area (Å²) in [6.45, 7) is 4.41. The molecule has 1 aliphatic heterocycles. The Balaban J connectivity index is 1.57. The molecule has 0 spiro atoms. The van der Waals surface area contributed by atoms with Gasteiger partial charge in [-0.15, -0.1) is 0 Å². The van der Waals surface area contributed by atoms with Gasteiger partial charge in [0.05, 0.1) is 11.2 Å². The molecule has 6 nitrogen and oxygen atoms in total. The first-order valence-electron chi connectivity index (χ1n) is 8.40. The van der Waals surface area contributed by atoms with E-state index in [9.17, 15) is 4.79 Å². The standard InChI is InChI=1S/C18H24N4O2/c1-24-14-4-9-20-18(23)22-12-10-21(11-13-22)16-7-2-5-15-6-3-8-19-17(15)16/h2-3,5-8H,4,9-14H2,1H3,(H,20,23). The number of carbonyl (C=O) groups excluding carboxylic acids is 1. The molecule has 0 saturated carbocycles. The first-order valence-corrected chi connectivity index (χ1v) is 8.40. The second kappa shape index (κ2) is 7.97. The van der Waals surface area contributed by atoms with Gasteiger partial charge in [-0.05, 0) is 18.6 Å². The summed E-state index contributed by atoms with van der Waals surface area (Å²) in [5, 5.41) is 4.09. The number of nitrogens with zero attached hydrogens (tertiary/aromatic N) is 3. The molecule has 2 heterocycles. The Morgan fingerprint density at radius 1 is 1.21 bits per heavy atom. The summed E-state index contributed by atoms with van der Waals surface area (Å²) in [6.07, 6.45) is 2.67. The summed E-state index contributed by atoms with van der Waals surface area (Å²) in [5.41, 5.74) is 2.17. The van der Waals surface area contributed by atoms with Gasteiger partial charge < -0.3 is 19.9 Å². The van der Waals surface area contributed by atoms with E-state index in [-0.39, 0.29) is 6.03 Å². The number of nitrogens with one attached hydrogen (secondary N) is 1. The van der Waals surface area contributed by atoms with Gasteiger partial charge in [-0.25, -0.2) is 4.79 Å². The molecule has 128 valence electrons. The number of anilines is 1. The van der Waals surface area contributed by atoms with Gasteiger partial charge in [0.25, 0.3) is 0 Å². The molecule has 6 heteroatoms. The summed E-state index contributed by atoms with van der Waals surface area (Å²) in [6, 6.07) is 10.3. The maximum absolute atomic E-state index is 12.2. The Labute approximate surface area is 142 Å². The van der Waals surface area contributed by atoms with Crippen molar-refractivity contribution >= 4 is 22.6 Å². The van der Waals surface area contributed by atoms with Crippen molar-refractivity contribution in [1.29, 1.82) is 0 Å². The molecule has 1 aliphatic rings. The molecule has 24 heavy (non-hydrogen) atoms. The van der Waals surface area contributed by atoms with Crippen LogP contribution >= 0.6 is 0 Å². The minimum absolute atomic E-state index is 0.0156. The number of carbonyl (C=O) groups is 1. The highest BCUT2D eigenvalue weighted by molar-refractivity contribution is 5.90. The summed E-state index contributed by atoms with van der Waals surface area (Å²) in [5.74, 6) is 0. The predicted octanol–water partition coefficient (Wildman–Crippen LogP) is 2.10. The Morgan fingerprint density at radius 2 is 2.00 bits per heavy atom. The molecule has 0 unspecified atom stereocenters. The normalized spacial score (nSPS) is 14.9. The van der Waals surface area contributed by atoms with Crippen molar-refractivity contribution in [3.8, 4) is 0 Å². The van der Waals surface area contributed by atoms with Crippen LogP contribution in [0.1, 0.15) is 6.42 Å². The van der Waals surface area contributed by atoms with E-state index < -0.39 is 0 Å². The zero-order chi connectivity index (χ0) is 16.8. The summed E-state index contributed by atoms with van der Waals surface area (Å²) < 4.78 is 4.99. The Hall–Kier alpha value is -2.34. The topological polar surface area (TPSA) is 57.7 Å². The van der Waals surface area contributed by atoms with Crippen molar-refractivity contribution in [2.24, 2.45) is 0 Å². The van der Waals surface area contributed by atoms with Crippen molar-refractivity contribution in [1.82, 2.24) is 15.2 Å². The van der Waals surface area contributed by atoms with E-state index in [1.807, 2.05) is 17.2 Å². The van der Waals surface area contributed by atoms with Crippen molar-refractivity contribution in [3.05, 3.63) is 36.5 Å². The molecule has 0 bridgehead atoms. The largest absolute Gasteiger partial charge is 0.385 e. The predicted molar refractivity (Wildman–Crippen MR) is 95.4 cm³/mol. The average molecular weight is 328 g/mol. The van der Waals surface area contributed by atoms with Crippen LogP contribution < -0.4 is 10.2 Å². The van der Waals surface area contributed by atoms with Crippen molar-refractivity contribution in [3.63, 3.8) is 0 Å². The molecule has 1 fully saturated rings. The number of para-hydroxylation sites is 1. The molecular weight excluding hydrogens is 304 g/mol. The van der Waals surface area contributed by atoms with Crippen LogP contribution in [-0.4, -0.2) is 62.4 Å². The summed E-state index contributed by atoms with van der Waals surface area (Å²) in [4.78, 5) is 20.9. The van der Waals surface area contributed by atoms with E-state index in [0.29, 0.717) is 13.2 Å². The number of methoxy groups -OCH3 is 1. The number of hydrogen-bond donors (Lipinski definition) is 1.